The van der Waals surface area contributed by atoms with E-state index in [2.05, 4.69) is 66.0 Å². The number of likely N-dealkylation sites (N-methyl/N-ethyl adjacent to an activating group) is 1. The van der Waals surface area contributed by atoms with Crippen LogP contribution in [0.1, 0.15) is 22.0 Å². The van der Waals surface area contributed by atoms with Gasteiger partial charge in [-0.2, -0.15) is 0 Å². The third-order valence-corrected chi connectivity index (χ3v) is 5.99. The van der Waals surface area contributed by atoms with Gasteiger partial charge < -0.3 is 10.6 Å². The highest BCUT2D eigenvalue weighted by molar-refractivity contribution is 9.10. The van der Waals surface area contributed by atoms with Gasteiger partial charge in [0.1, 0.15) is 4.34 Å². The predicted octanol–water partition coefficient (Wildman–Crippen LogP) is 4.92. The Morgan fingerprint density at radius 2 is 2.05 bits per heavy atom. The van der Waals surface area contributed by atoms with Crippen LogP contribution in [-0.4, -0.2) is 13.6 Å². The molecule has 2 nitrogen and oxygen atoms in total. The maximum absolute atomic E-state index is 6.15. The van der Waals surface area contributed by atoms with Crippen LogP contribution in [0.2, 0.25) is 4.34 Å². The van der Waals surface area contributed by atoms with Crippen molar-refractivity contribution in [3.8, 4) is 0 Å². The number of anilines is 1. The number of benzene rings is 1. The molecule has 108 valence electrons. The van der Waals surface area contributed by atoms with Gasteiger partial charge in [-0.1, -0.05) is 29.3 Å². The van der Waals surface area contributed by atoms with Crippen LogP contribution in [0.4, 0.5) is 5.69 Å². The molecule has 0 fully saturated rings. The summed E-state index contributed by atoms with van der Waals surface area (Å²) in [6.07, 6.45) is 0. The van der Waals surface area contributed by atoms with Gasteiger partial charge in [-0.15, -0.1) is 11.3 Å². The van der Waals surface area contributed by atoms with Crippen LogP contribution in [-0.2, 0) is 0 Å². The second-order valence-electron chi connectivity index (χ2n) is 4.92. The predicted molar refractivity (Wildman–Crippen MR) is 93.1 cm³/mol. The van der Waals surface area contributed by atoms with Gasteiger partial charge in [0, 0.05) is 28.6 Å². The van der Waals surface area contributed by atoms with E-state index in [1.54, 1.807) is 11.3 Å². The van der Waals surface area contributed by atoms with Crippen LogP contribution in [0.5, 0.6) is 0 Å². The highest BCUT2D eigenvalue weighted by Gasteiger charge is 2.20. The molecule has 2 rings (SSSR count). The maximum Gasteiger partial charge on any atom is 0.107 e. The largest absolute Gasteiger partial charge is 0.365 e. The normalized spacial score (nSPS) is 12.5. The van der Waals surface area contributed by atoms with Gasteiger partial charge in [-0.3, -0.25) is 0 Å². The monoisotopic (exact) mass is 372 g/mol. The topological polar surface area (TPSA) is 29.3 Å². The number of hydrogen-bond donors (Lipinski definition) is 1. The molecule has 0 aliphatic carbocycles. The Morgan fingerprint density at radius 3 is 2.55 bits per heavy atom. The Hall–Kier alpha value is -0.550. The molecule has 0 aliphatic heterocycles. The second kappa shape index (κ2) is 6.48. The first-order chi connectivity index (χ1) is 9.43. The molecular weight excluding hydrogens is 356 g/mol. The minimum Gasteiger partial charge on any atom is -0.365 e. The summed E-state index contributed by atoms with van der Waals surface area (Å²) in [7, 11) is 2.08. The summed E-state index contributed by atoms with van der Waals surface area (Å²) in [4.78, 5) is 3.40. The number of hydrogen-bond acceptors (Lipinski definition) is 3. The molecule has 1 atom stereocenters. The van der Waals surface area contributed by atoms with Gasteiger partial charge in [0.25, 0.3) is 0 Å². The van der Waals surface area contributed by atoms with Crippen LogP contribution in [0.15, 0.2) is 28.7 Å². The van der Waals surface area contributed by atoms with Gasteiger partial charge in [0.15, 0.2) is 0 Å². The first-order valence-electron chi connectivity index (χ1n) is 6.39. The lowest BCUT2D eigenvalue weighted by atomic mass is 10.1. The average molecular weight is 374 g/mol. The van der Waals surface area contributed by atoms with Gasteiger partial charge in [-0.25, -0.2) is 0 Å². The third kappa shape index (κ3) is 3.19. The smallest absolute Gasteiger partial charge is 0.107 e. The van der Waals surface area contributed by atoms with Crippen molar-refractivity contribution in [2.24, 2.45) is 5.73 Å². The van der Waals surface area contributed by atoms with E-state index in [1.165, 1.54) is 21.7 Å². The summed E-state index contributed by atoms with van der Waals surface area (Å²) in [6.45, 7) is 4.78. The Balaban J connectivity index is 2.35. The zero-order chi connectivity index (χ0) is 14.9. The molecule has 0 spiro atoms. The van der Waals surface area contributed by atoms with Crippen molar-refractivity contribution < 1.29 is 0 Å². The molecule has 1 heterocycles. The minimum absolute atomic E-state index is 0.130. The van der Waals surface area contributed by atoms with Crippen LogP contribution < -0.4 is 10.6 Å². The standard InChI is InChI=1S/C15H18BrClN2S/c1-9-4-5-12(10(2)6-9)19(3)13(8-18)14-7-11(16)15(17)20-14/h4-7,13H,8,18H2,1-3H3. The Kier molecular flexibility index (Phi) is 5.13. The highest BCUT2D eigenvalue weighted by Crippen LogP contribution is 2.38. The maximum atomic E-state index is 6.15. The number of aryl methyl sites for hydroxylation is 2. The minimum atomic E-state index is 0.130. The van der Waals surface area contributed by atoms with Crippen molar-refractivity contribution in [2.45, 2.75) is 19.9 Å². The number of nitrogens with zero attached hydrogens (tertiary/aromatic N) is 1. The second-order valence-corrected chi connectivity index (χ2v) is 7.46. The number of nitrogens with two attached hydrogens (primary N) is 1. The molecule has 0 saturated heterocycles. The van der Waals surface area contributed by atoms with E-state index in [0.717, 1.165) is 8.81 Å². The van der Waals surface area contributed by atoms with E-state index >= 15 is 0 Å². The zero-order valence-corrected chi connectivity index (χ0v) is 14.9. The van der Waals surface area contributed by atoms with Crippen molar-refractivity contribution in [1.29, 1.82) is 0 Å². The van der Waals surface area contributed by atoms with Gasteiger partial charge in [0.2, 0.25) is 0 Å². The third-order valence-electron chi connectivity index (χ3n) is 3.42. The van der Waals surface area contributed by atoms with Crippen LogP contribution in [0.3, 0.4) is 0 Å². The molecule has 0 aliphatic rings. The van der Waals surface area contributed by atoms with Crippen LogP contribution >= 0.6 is 38.9 Å². The summed E-state index contributed by atoms with van der Waals surface area (Å²) in [6, 6.07) is 8.66. The van der Waals surface area contributed by atoms with Crippen molar-refractivity contribution in [3.05, 3.63) is 49.1 Å². The molecule has 0 amide bonds. The lowest BCUT2D eigenvalue weighted by Gasteiger charge is -2.29. The van der Waals surface area contributed by atoms with Crippen LogP contribution in [0.25, 0.3) is 0 Å². The van der Waals surface area contributed by atoms with Crippen molar-refractivity contribution in [1.82, 2.24) is 0 Å². The molecule has 2 aromatic rings. The lowest BCUT2D eigenvalue weighted by Crippen LogP contribution is -2.30. The van der Waals surface area contributed by atoms with Crippen molar-refractivity contribution in [2.75, 3.05) is 18.5 Å². The SMILES string of the molecule is Cc1ccc(N(C)C(CN)c2cc(Br)c(Cl)s2)c(C)c1. The fraction of sp³-hybridized carbons (Fsp3) is 0.333. The first-order valence-corrected chi connectivity index (χ1v) is 8.37. The molecule has 1 aromatic heterocycles. The molecule has 1 unspecified atom stereocenters. The Morgan fingerprint density at radius 1 is 1.35 bits per heavy atom. The summed E-state index contributed by atoms with van der Waals surface area (Å²) in [5, 5.41) is 0. The Bertz CT molecular complexity index is 592. The van der Waals surface area contributed by atoms with Gasteiger partial charge in [0.05, 0.1) is 6.04 Å². The molecular formula is C15H18BrClN2S. The van der Waals surface area contributed by atoms with Crippen molar-refractivity contribution in [3.63, 3.8) is 0 Å². The van der Waals surface area contributed by atoms with E-state index in [9.17, 15) is 0 Å². The summed E-state index contributed by atoms with van der Waals surface area (Å²) >= 11 is 11.2. The average Bonchev–Trinajstić information content (AvgIpc) is 2.70. The molecule has 0 saturated carbocycles. The Labute approximate surface area is 137 Å². The van der Waals surface area contributed by atoms with E-state index in [0.29, 0.717) is 6.54 Å². The molecule has 1 aromatic carbocycles. The van der Waals surface area contributed by atoms with Crippen LogP contribution in [0, 0.1) is 13.8 Å². The number of thiophene rings is 1. The summed E-state index contributed by atoms with van der Waals surface area (Å²) in [5.41, 5.74) is 9.72. The number of halogens is 2. The molecule has 20 heavy (non-hydrogen) atoms. The van der Waals surface area contributed by atoms with E-state index in [1.807, 2.05) is 0 Å². The van der Waals surface area contributed by atoms with Gasteiger partial charge >= 0.3 is 0 Å². The molecule has 0 radical (unpaired) electrons. The lowest BCUT2D eigenvalue weighted by molar-refractivity contribution is 0.690. The molecule has 5 heteroatoms. The quantitative estimate of drug-likeness (QED) is 0.824. The van der Waals surface area contributed by atoms with Crippen molar-refractivity contribution >= 4 is 44.6 Å². The zero-order valence-electron chi connectivity index (χ0n) is 11.8. The molecule has 0 bridgehead atoms. The number of rotatable bonds is 4. The highest BCUT2D eigenvalue weighted by atomic mass is 79.9. The van der Waals surface area contributed by atoms with E-state index < -0.39 is 0 Å². The van der Waals surface area contributed by atoms with Gasteiger partial charge in [-0.05, 0) is 47.5 Å². The molecule has 2 N–H and O–H groups in total. The fourth-order valence-corrected chi connectivity index (χ4v) is 4.25. The fourth-order valence-electron chi connectivity index (χ4n) is 2.36. The first kappa shape index (κ1) is 15.8. The van der Waals surface area contributed by atoms with E-state index in [4.69, 9.17) is 17.3 Å². The van der Waals surface area contributed by atoms with E-state index in [-0.39, 0.29) is 6.04 Å². The summed E-state index contributed by atoms with van der Waals surface area (Å²) < 4.78 is 1.71. The summed E-state index contributed by atoms with van der Waals surface area (Å²) in [5.74, 6) is 0.